The lowest BCUT2D eigenvalue weighted by molar-refractivity contribution is 0.0782. The second kappa shape index (κ2) is 7.74. The van der Waals surface area contributed by atoms with E-state index in [0.29, 0.717) is 35.9 Å². The highest BCUT2D eigenvalue weighted by Crippen LogP contribution is 2.35. The molecule has 2 unspecified atom stereocenters. The highest BCUT2D eigenvalue weighted by atomic mass is 16.5. The highest BCUT2D eigenvalue weighted by molar-refractivity contribution is 5.98. The molecule has 1 aromatic heterocycles. The van der Waals surface area contributed by atoms with Crippen LogP contribution in [-0.4, -0.2) is 53.3 Å². The number of benzene rings is 2. The second-order valence-electron chi connectivity index (χ2n) is 9.12. The third-order valence-electron chi connectivity index (χ3n) is 7.11. The van der Waals surface area contributed by atoms with Gasteiger partial charge in [-0.2, -0.15) is 5.10 Å². The van der Waals surface area contributed by atoms with Crippen LogP contribution in [0.1, 0.15) is 40.0 Å². The lowest BCUT2D eigenvalue weighted by Gasteiger charge is -2.24. The number of aromatic nitrogens is 2. The van der Waals surface area contributed by atoms with Crippen LogP contribution in [-0.2, 0) is 12.8 Å². The van der Waals surface area contributed by atoms with Gasteiger partial charge in [-0.1, -0.05) is 24.3 Å². The van der Waals surface area contributed by atoms with Crippen molar-refractivity contribution < 1.29 is 9.53 Å². The summed E-state index contributed by atoms with van der Waals surface area (Å²) in [4.78, 5) is 27.7. The lowest BCUT2D eigenvalue weighted by Crippen LogP contribution is -2.41. The SMILES string of the molecule is O=C(c1cc(Cc2n[nH]c(=O)c3ccccc23)cc2c1OCC2)N1CC2CCCNC2C1. The number of carbonyl (C=O) groups excluding carboxylic acids is 1. The predicted molar refractivity (Wildman–Crippen MR) is 121 cm³/mol. The number of ether oxygens (including phenoxy) is 1. The third kappa shape index (κ3) is 3.28. The summed E-state index contributed by atoms with van der Waals surface area (Å²) in [5.41, 5.74) is 3.36. The molecule has 1 amide bonds. The van der Waals surface area contributed by atoms with Gasteiger partial charge < -0.3 is 15.0 Å². The zero-order valence-electron chi connectivity index (χ0n) is 17.9. The maximum absolute atomic E-state index is 13.6. The number of fused-ring (bicyclic) bond motifs is 3. The number of likely N-dealkylation sites (tertiary alicyclic amines) is 1. The van der Waals surface area contributed by atoms with Gasteiger partial charge in [0.25, 0.3) is 11.5 Å². The number of hydrogen-bond donors (Lipinski definition) is 2. The van der Waals surface area contributed by atoms with E-state index < -0.39 is 0 Å². The van der Waals surface area contributed by atoms with E-state index in [1.165, 1.54) is 12.8 Å². The summed E-state index contributed by atoms with van der Waals surface area (Å²) in [6.07, 6.45) is 3.70. The predicted octanol–water partition coefficient (Wildman–Crippen LogP) is 2.27. The summed E-state index contributed by atoms with van der Waals surface area (Å²) in [7, 11) is 0. The van der Waals surface area contributed by atoms with E-state index in [1.54, 1.807) is 0 Å². The molecule has 2 N–H and O–H groups in total. The minimum atomic E-state index is -0.188. The molecule has 0 radical (unpaired) electrons. The van der Waals surface area contributed by atoms with Crippen molar-refractivity contribution in [3.05, 3.63) is 69.1 Å². The molecule has 0 spiro atoms. The average molecular weight is 431 g/mol. The Labute approximate surface area is 185 Å². The maximum Gasteiger partial charge on any atom is 0.272 e. The molecule has 6 rings (SSSR count). The fourth-order valence-corrected chi connectivity index (χ4v) is 5.52. The van der Waals surface area contributed by atoms with Gasteiger partial charge in [0.1, 0.15) is 5.75 Å². The molecule has 2 saturated heterocycles. The topological polar surface area (TPSA) is 87.3 Å². The molecule has 0 saturated carbocycles. The van der Waals surface area contributed by atoms with Crippen LogP contribution in [0.4, 0.5) is 0 Å². The van der Waals surface area contributed by atoms with Crippen LogP contribution in [0.3, 0.4) is 0 Å². The first-order chi connectivity index (χ1) is 15.7. The number of aromatic amines is 1. The summed E-state index contributed by atoms with van der Waals surface area (Å²) in [6, 6.07) is 12.0. The van der Waals surface area contributed by atoms with Gasteiger partial charge in [0.15, 0.2) is 0 Å². The molecule has 7 nitrogen and oxygen atoms in total. The van der Waals surface area contributed by atoms with Crippen molar-refractivity contribution in [3.63, 3.8) is 0 Å². The summed E-state index contributed by atoms with van der Waals surface area (Å²) in [5, 5.41) is 12.0. The Balaban J connectivity index is 1.35. The fourth-order valence-electron chi connectivity index (χ4n) is 5.52. The van der Waals surface area contributed by atoms with Crippen LogP contribution < -0.4 is 15.6 Å². The van der Waals surface area contributed by atoms with Crippen molar-refractivity contribution >= 4 is 16.7 Å². The van der Waals surface area contributed by atoms with E-state index in [2.05, 4.69) is 21.6 Å². The normalized spacial score (nSPS) is 21.9. The molecular formula is C25H26N4O3. The monoisotopic (exact) mass is 430 g/mol. The van der Waals surface area contributed by atoms with Crippen molar-refractivity contribution in [2.45, 2.75) is 31.7 Å². The van der Waals surface area contributed by atoms with Gasteiger partial charge in [0, 0.05) is 37.4 Å². The first-order valence-corrected chi connectivity index (χ1v) is 11.4. The number of rotatable bonds is 3. The average Bonchev–Trinajstić information content (AvgIpc) is 3.47. The van der Waals surface area contributed by atoms with E-state index in [9.17, 15) is 9.59 Å². The number of piperidine rings is 1. The van der Waals surface area contributed by atoms with Gasteiger partial charge >= 0.3 is 0 Å². The summed E-state index contributed by atoms with van der Waals surface area (Å²) >= 11 is 0. The smallest absolute Gasteiger partial charge is 0.272 e. The highest BCUT2D eigenvalue weighted by Gasteiger charge is 2.38. The first-order valence-electron chi connectivity index (χ1n) is 11.4. The lowest BCUT2D eigenvalue weighted by atomic mass is 9.94. The molecule has 164 valence electrons. The van der Waals surface area contributed by atoms with Crippen LogP contribution in [0.15, 0.2) is 41.2 Å². The number of nitrogens with zero attached hydrogens (tertiary/aromatic N) is 2. The molecule has 3 aliphatic rings. The van der Waals surface area contributed by atoms with E-state index in [4.69, 9.17) is 4.74 Å². The molecular weight excluding hydrogens is 404 g/mol. The van der Waals surface area contributed by atoms with Crippen LogP contribution in [0.2, 0.25) is 0 Å². The zero-order valence-corrected chi connectivity index (χ0v) is 17.9. The summed E-state index contributed by atoms with van der Waals surface area (Å²) in [6.45, 7) is 3.21. The second-order valence-corrected chi connectivity index (χ2v) is 9.12. The molecule has 32 heavy (non-hydrogen) atoms. The standard InChI is InChI=1S/C25H26N4O3/c30-24-19-6-2-1-5-18(19)21(27-28-24)12-15-10-16-7-9-32-23(16)20(11-15)25(31)29-13-17-4-3-8-26-22(17)14-29/h1-2,5-6,10-11,17,22,26H,3-4,7-9,12-14H2,(H,28,30). The van der Waals surface area contributed by atoms with Crippen LogP contribution >= 0.6 is 0 Å². The molecule has 2 aromatic carbocycles. The van der Waals surface area contributed by atoms with Crippen LogP contribution in [0.5, 0.6) is 5.75 Å². The Kier molecular flexibility index (Phi) is 4.72. The Bertz CT molecular complexity index is 1250. The van der Waals surface area contributed by atoms with E-state index in [-0.39, 0.29) is 11.5 Å². The molecule has 2 atom stereocenters. The van der Waals surface area contributed by atoms with E-state index in [0.717, 1.165) is 54.0 Å². The molecule has 0 aliphatic carbocycles. The number of H-pyrrole nitrogens is 1. The summed E-state index contributed by atoms with van der Waals surface area (Å²) < 4.78 is 5.89. The van der Waals surface area contributed by atoms with Gasteiger partial charge in [-0.05, 0) is 48.6 Å². The van der Waals surface area contributed by atoms with Crippen molar-refractivity contribution in [2.75, 3.05) is 26.2 Å². The van der Waals surface area contributed by atoms with Crippen molar-refractivity contribution in [2.24, 2.45) is 5.92 Å². The molecule has 3 aliphatic heterocycles. The molecule has 4 heterocycles. The maximum atomic E-state index is 13.6. The molecule has 2 fully saturated rings. The molecule has 0 bridgehead atoms. The largest absolute Gasteiger partial charge is 0.492 e. The fraction of sp³-hybridized carbons (Fsp3) is 0.400. The Morgan fingerprint density at radius 1 is 1.19 bits per heavy atom. The van der Waals surface area contributed by atoms with Gasteiger partial charge in [0.2, 0.25) is 0 Å². The van der Waals surface area contributed by atoms with Crippen molar-refractivity contribution in [1.82, 2.24) is 20.4 Å². The van der Waals surface area contributed by atoms with Crippen LogP contribution in [0, 0.1) is 5.92 Å². The minimum Gasteiger partial charge on any atom is -0.492 e. The van der Waals surface area contributed by atoms with Gasteiger partial charge in [-0.25, -0.2) is 5.10 Å². The zero-order chi connectivity index (χ0) is 21.7. The number of hydrogen-bond acceptors (Lipinski definition) is 5. The Hall–Kier alpha value is -3.19. The van der Waals surface area contributed by atoms with E-state index in [1.807, 2.05) is 35.2 Å². The van der Waals surface area contributed by atoms with Gasteiger partial charge in [0.05, 0.1) is 23.3 Å². The summed E-state index contributed by atoms with van der Waals surface area (Å²) in [5.74, 6) is 1.34. The first kappa shape index (κ1) is 19.5. The van der Waals surface area contributed by atoms with Crippen molar-refractivity contribution in [1.29, 1.82) is 0 Å². The Morgan fingerprint density at radius 2 is 2.06 bits per heavy atom. The van der Waals surface area contributed by atoms with Gasteiger partial charge in [-0.3, -0.25) is 9.59 Å². The van der Waals surface area contributed by atoms with E-state index >= 15 is 0 Å². The molecule has 3 aromatic rings. The number of amides is 1. The number of nitrogens with one attached hydrogen (secondary N) is 2. The van der Waals surface area contributed by atoms with Crippen molar-refractivity contribution in [3.8, 4) is 5.75 Å². The quantitative estimate of drug-likeness (QED) is 0.666. The van der Waals surface area contributed by atoms with Gasteiger partial charge in [-0.15, -0.1) is 0 Å². The van der Waals surface area contributed by atoms with Crippen LogP contribution in [0.25, 0.3) is 10.8 Å². The minimum absolute atomic E-state index is 0.0560. The third-order valence-corrected chi connectivity index (χ3v) is 7.11. The Morgan fingerprint density at radius 3 is 2.94 bits per heavy atom. The molecule has 7 heteroatoms. The number of carbonyl (C=O) groups is 1.